The first kappa shape index (κ1) is 17.0. The van der Waals surface area contributed by atoms with Gasteiger partial charge in [-0.05, 0) is 32.9 Å². The Labute approximate surface area is 143 Å². The number of fused-ring (bicyclic) bond motifs is 1. The SMILES string of the molecule is CC(NC(=O)c1cnc2c(cnn2C(C)C)c1)c1ccc(F)cc1F. The number of carbonyl (C=O) groups excluding carboxylic acids is 1. The summed E-state index contributed by atoms with van der Waals surface area (Å²) in [7, 11) is 0. The Morgan fingerprint density at radius 3 is 2.60 bits per heavy atom. The van der Waals surface area contributed by atoms with Gasteiger partial charge in [0, 0.05) is 29.3 Å². The van der Waals surface area contributed by atoms with Crippen molar-refractivity contribution in [3.05, 3.63) is 59.4 Å². The van der Waals surface area contributed by atoms with Gasteiger partial charge in [-0.3, -0.25) is 4.79 Å². The van der Waals surface area contributed by atoms with E-state index >= 15 is 0 Å². The Morgan fingerprint density at radius 1 is 1.16 bits per heavy atom. The molecule has 1 amide bonds. The van der Waals surface area contributed by atoms with Crippen LogP contribution in [-0.4, -0.2) is 20.7 Å². The molecule has 1 N–H and O–H groups in total. The van der Waals surface area contributed by atoms with Crippen LogP contribution in [-0.2, 0) is 0 Å². The average Bonchev–Trinajstić information content (AvgIpc) is 2.97. The Balaban J connectivity index is 1.82. The highest BCUT2D eigenvalue weighted by atomic mass is 19.1. The first-order valence-corrected chi connectivity index (χ1v) is 7.96. The van der Waals surface area contributed by atoms with E-state index in [4.69, 9.17) is 0 Å². The predicted octanol–water partition coefficient (Wildman–Crippen LogP) is 3.78. The molecular weight excluding hydrogens is 326 g/mol. The standard InChI is InChI=1S/C18H18F2N4O/c1-10(2)24-17-12(9-22-24)6-13(8-21-17)18(25)23-11(3)15-5-4-14(19)7-16(15)20/h4-11H,1-3H3,(H,23,25). The number of pyridine rings is 1. The molecule has 3 aromatic rings. The van der Waals surface area contributed by atoms with Gasteiger partial charge in [-0.2, -0.15) is 5.10 Å². The smallest absolute Gasteiger partial charge is 0.253 e. The van der Waals surface area contributed by atoms with Crippen molar-refractivity contribution >= 4 is 16.9 Å². The summed E-state index contributed by atoms with van der Waals surface area (Å²) < 4.78 is 28.6. The molecule has 3 rings (SSSR count). The van der Waals surface area contributed by atoms with E-state index in [2.05, 4.69) is 15.4 Å². The van der Waals surface area contributed by atoms with E-state index in [9.17, 15) is 13.6 Å². The zero-order valence-corrected chi connectivity index (χ0v) is 14.1. The van der Waals surface area contributed by atoms with Gasteiger partial charge in [-0.15, -0.1) is 0 Å². The molecule has 7 heteroatoms. The van der Waals surface area contributed by atoms with Gasteiger partial charge in [0.1, 0.15) is 11.6 Å². The molecule has 0 bridgehead atoms. The average molecular weight is 344 g/mol. The lowest BCUT2D eigenvalue weighted by molar-refractivity contribution is 0.0939. The van der Waals surface area contributed by atoms with Crippen LogP contribution in [0.15, 0.2) is 36.7 Å². The van der Waals surface area contributed by atoms with Gasteiger partial charge < -0.3 is 5.32 Å². The molecule has 0 fully saturated rings. The van der Waals surface area contributed by atoms with Crippen molar-refractivity contribution in [1.29, 1.82) is 0 Å². The van der Waals surface area contributed by atoms with E-state index in [1.807, 2.05) is 13.8 Å². The Morgan fingerprint density at radius 2 is 1.92 bits per heavy atom. The van der Waals surface area contributed by atoms with E-state index in [1.54, 1.807) is 23.9 Å². The Kier molecular flexibility index (Phi) is 4.48. The van der Waals surface area contributed by atoms with Crippen molar-refractivity contribution in [2.75, 3.05) is 0 Å². The number of aromatic nitrogens is 3. The van der Waals surface area contributed by atoms with Gasteiger partial charge in [0.05, 0.1) is 17.8 Å². The largest absolute Gasteiger partial charge is 0.345 e. The van der Waals surface area contributed by atoms with Crippen LogP contribution in [0.1, 0.15) is 48.8 Å². The van der Waals surface area contributed by atoms with E-state index in [-0.39, 0.29) is 17.5 Å². The van der Waals surface area contributed by atoms with Crippen LogP contribution >= 0.6 is 0 Å². The van der Waals surface area contributed by atoms with Crippen molar-refractivity contribution < 1.29 is 13.6 Å². The number of hydrogen-bond donors (Lipinski definition) is 1. The minimum absolute atomic E-state index is 0.158. The summed E-state index contributed by atoms with van der Waals surface area (Å²) in [5, 5.41) is 7.71. The second kappa shape index (κ2) is 6.58. The normalized spacial score (nSPS) is 12.6. The maximum Gasteiger partial charge on any atom is 0.253 e. The molecule has 25 heavy (non-hydrogen) atoms. The van der Waals surface area contributed by atoms with Crippen molar-refractivity contribution in [3.8, 4) is 0 Å². The molecule has 0 aliphatic carbocycles. The molecule has 1 atom stereocenters. The summed E-state index contributed by atoms with van der Waals surface area (Å²) in [5.41, 5.74) is 1.27. The number of nitrogens with zero attached hydrogens (tertiary/aromatic N) is 3. The molecule has 130 valence electrons. The van der Waals surface area contributed by atoms with Gasteiger partial charge in [-0.25, -0.2) is 18.4 Å². The van der Waals surface area contributed by atoms with Crippen LogP contribution in [0, 0.1) is 11.6 Å². The topological polar surface area (TPSA) is 59.8 Å². The van der Waals surface area contributed by atoms with Gasteiger partial charge in [0.25, 0.3) is 5.91 Å². The van der Waals surface area contributed by atoms with E-state index < -0.39 is 17.7 Å². The number of carbonyl (C=O) groups is 1. The monoisotopic (exact) mass is 344 g/mol. The Hall–Kier alpha value is -2.83. The minimum atomic E-state index is -0.695. The lowest BCUT2D eigenvalue weighted by atomic mass is 10.1. The second-order valence-corrected chi connectivity index (χ2v) is 6.18. The van der Waals surface area contributed by atoms with Crippen molar-refractivity contribution in [2.45, 2.75) is 32.9 Å². The molecule has 1 unspecified atom stereocenters. The van der Waals surface area contributed by atoms with Crippen LogP contribution < -0.4 is 5.32 Å². The van der Waals surface area contributed by atoms with Crippen molar-refractivity contribution in [2.24, 2.45) is 0 Å². The first-order valence-electron chi connectivity index (χ1n) is 7.96. The summed E-state index contributed by atoms with van der Waals surface area (Å²) in [5.74, 6) is -1.74. The van der Waals surface area contributed by atoms with Gasteiger partial charge in [-0.1, -0.05) is 6.07 Å². The molecule has 1 aromatic carbocycles. The highest BCUT2D eigenvalue weighted by Gasteiger charge is 2.17. The number of halogens is 2. The number of hydrogen-bond acceptors (Lipinski definition) is 3. The number of amides is 1. The van der Waals surface area contributed by atoms with Gasteiger partial charge in [0.2, 0.25) is 0 Å². The maximum atomic E-state index is 13.8. The number of nitrogens with one attached hydrogen (secondary N) is 1. The second-order valence-electron chi connectivity index (χ2n) is 6.18. The van der Waals surface area contributed by atoms with Crippen LogP contribution in [0.3, 0.4) is 0 Å². The van der Waals surface area contributed by atoms with E-state index in [0.29, 0.717) is 11.2 Å². The number of benzene rings is 1. The third kappa shape index (κ3) is 3.35. The van der Waals surface area contributed by atoms with Crippen molar-refractivity contribution in [3.63, 3.8) is 0 Å². The minimum Gasteiger partial charge on any atom is -0.345 e. The fraction of sp³-hybridized carbons (Fsp3) is 0.278. The molecule has 2 heterocycles. The van der Waals surface area contributed by atoms with Gasteiger partial charge >= 0.3 is 0 Å². The lowest BCUT2D eigenvalue weighted by Gasteiger charge is -2.15. The van der Waals surface area contributed by atoms with Gasteiger partial charge in [0.15, 0.2) is 5.65 Å². The van der Waals surface area contributed by atoms with E-state index in [1.165, 1.54) is 12.3 Å². The Bertz CT molecular complexity index is 936. The summed E-state index contributed by atoms with van der Waals surface area (Å²) in [6.45, 7) is 5.62. The van der Waals surface area contributed by atoms with Crippen LogP contribution in [0.25, 0.3) is 11.0 Å². The lowest BCUT2D eigenvalue weighted by Crippen LogP contribution is -2.27. The zero-order valence-electron chi connectivity index (χ0n) is 14.1. The molecular formula is C18H18F2N4O. The zero-order chi connectivity index (χ0) is 18.1. The third-order valence-electron chi connectivity index (χ3n) is 3.96. The highest BCUT2D eigenvalue weighted by Crippen LogP contribution is 2.20. The van der Waals surface area contributed by atoms with Crippen LogP contribution in [0.4, 0.5) is 8.78 Å². The molecule has 0 aliphatic heterocycles. The number of rotatable bonds is 4. The maximum absolute atomic E-state index is 13.8. The summed E-state index contributed by atoms with van der Waals surface area (Å²) >= 11 is 0. The summed E-state index contributed by atoms with van der Waals surface area (Å²) in [6, 6.07) is 4.52. The molecule has 2 aromatic heterocycles. The molecule has 0 aliphatic rings. The van der Waals surface area contributed by atoms with Crippen LogP contribution in [0.5, 0.6) is 0 Å². The quantitative estimate of drug-likeness (QED) is 0.783. The molecule has 0 spiro atoms. The summed E-state index contributed by atoms with van der Waals surface area (Å²) in [6.07, 6.45) is 3.12. The molecule has 0 saturated heterocycles. The molecule has 5 nitrogen and oxygen atoms in total. The van der Waals surface area contributed by atoms with E-state index in [0.717, 1.165) is 17.5 Å². The third-order valence-corrected chi connectivity index (χ3v) is 3.96. The fourth-order valence-electron chi connectivity index (χ4n) is 2.65. The molecule has 0 saturated carbocycles. The molecule has 0 radical (unpaired) electrons. The summed E-state index contributed by atoms with van der Waals surface area (Å²) in [4.78, 5) is 16.7. The highest BCUT2D eigenvalue weighted by molar-refractivity contribution is 5.97. The van der Waals surface area contributed by atoms with Crippen LogP contribution in [0.2, 0.25) is 0 Å². The first-order chi connectivity index (χ1) is 11.9. The predicted molar refractivity (Wildman–Crippen MR) is 90.2 cm³/mol. The van der Waals surface area contributed by atoms with Crippen molar-refractivity contribution in [1.82, 2.24) is 20.1 Å². The fourth-order valence-corrected chi connectivity index (χ4v) is 2.65.